The summed E-state index contributed by atoms with van der Waals surface area (Å²) in [6, 6.07) is 7.92. The summed E-state index contributed by atoms with van der Waals surface area (Å²) in [7, 11) is 0. The lowest BCUT2D eigenvalue weighted by Gasteiger charge is -2.37. The Morgan fingerprint density at radius 2 is 1.92 bits per heavy atom. The van der Waals surface area contributed by atoms with Gasteiger partial charge in [0.1, 0.15) is 18.3 Å². The van der Waals surface area contributed by atoms with Crippen LogP contribution < -0.4 is 9.80 Å². The molecular weight excluding hydrogens is 348 g/mol. The number of fused-ring (bicyclic) bond motifs is 1. The van der Waals surface area contributed by atoms with Crippen LogP contribution >= 0.6 is 11.6 Å². The third-order valence-corrected chi connectivity index (χ3v) is 5.63. The van der Waals surface area contributed by atoms with E-state index in [0.717, 1.165) is 55.0 Å². The molecule has 2 fully saturated rings. The Kier molecular flexibility index (Phi) is 3.93. The van der Waals surface area contributed by atoms with Gasteiger partial charge in [-0.3, -0.25) is 0 Å². The molecule has 2 aliphatic rings. The quantitative estimate of drug-likeness (QED) is 0.702. The molecule has 2 aromatic heterocycles. The first kappa shape index (κ1) is 15.9. The van der Waals surface area contributed by atoms with Gasteiger partial charge in [0, 0.05) is 42.3 Å². The maximum Gasteiger partial charge on any atom is 0.150 e. The molecule has 7 heteroatoms. The number of benzene rings is 1. The minimum absolute atomic E-state index is 0.177. The van der Waals surface area contributed by atoms with Crippen molar-refractivity contribution in [2.24, 2.45) is 0 Å². The van der Waals surface area contributed by atoms with Crippen LogP contribution in [-0.2, 0) is 0 Å². The minimum Gasteiger partial charge on any atom is -0.355 e. The first-order valence-corrected chi connectivity index (χ1v) is 9.64. The maximum absolute atomic E-state index is 6.25. The van der Waals surface area contributed by atoms with Gasteiger partial charge in [-0.25, -0.2) is 14.6 Å². The van der Waals surface area contributed by atoms with Crippen LogP contribution in [0.5, 0.6) is 0 Å². The fourth-order valence-electron chi connectivity index (χ4n) is 3.89. The van der Waals surface area contributed by atoms with Gasteiger partial charge in [-0.05, 0) is 43.9 Å². The highest BCUT2D eigenvalue weighted by Crippen LogP contribution is 2.35. The second kappa shape index (κ2) is 6.43. The average Bonchev–Trinajstić information content (AvgIpc) is 3.09. The Bertz CT molecular complexity index is 935. The summed E-state index contributed by atoms with van der Waals surface area (Å²) in [6.07, 6.45) is 8.60. The molecule has 4 heterocycles. The van der Waals surface area contributed by atoms with Crippen molar-refractivity contribution < 1.29 is 0 Å². The van der Waals surface area contributed by atoms with Crippen LogP contribution in [0.25, 0.3) is 10.9 Å². The predicted octanol–water partition coefficient (Wildman–Crippen LogP) is 3.88. The molecule has 26 heavy (non-hydrogen) atoms. The van der Waals surface area contributed by atoms with Gasteiger partial charge in [0.05, 0.1) is 5.52 Å². The monoisotopic (exact) mass is 368 g/mol. The summed E-state index contributed by atoms with van der Waals surface area (Å²) >= 11 is 6.25. The molecule has 134 valence electrons. The summed E-state index contributed by atoms with van der Waals surface area (Å²) in [5.41, 5.74) is 0.922. The van der Waals surface area contributed by atoms with Crippen molar-refractivity contribution >= 4 is 34.1 Å². The third kappa shape index (κ3) is 2.69. The molecule has 1 atom stereocenters. The van der Waals surface area contributed by atoms with Crippen LogP contribution in [0.1, 0.15) is 31.8 Å². The molecule has 0 bridgehead atoms. The zero-order chi connectivity index (χ0) is 17.5. The van der Waals surface area contributed by atoms with Crippen LogP contribution in [0.2, 0.25) is 5.02 Å². The Labute approximate surface area is 157 Å². The molecule has 2 aliphatic heterocycles. The summed E-state index contributed by atoms with van der Waals surface area (Å²) in [5, 5.41) is 6.57. The van der Waals surface area contributed by atoms with E-state index >= 15 is 0 Å². The first-order chi connectivity index (χ1) is 12.8. The second-order valence-electron chi connectivity index (χ2n) is 7.02. The van der Waals surface area contributed by atoms with Crippen LogP contribution in [-0.4, -0.2) is 39.4 Å². The van der Waals surface area contributed by atoms with E-state index < -0.39 is 0 Å². The van der Waals surface area contributed by atoms with Crippen molar-refractivity contribution in [2.45, 2.75) is 31.8 Å². The predicted molar refractivity (Wildman–Crippen MR) is 104 cm³/mol. The molecule has 6 nitrogen and oxygen atoms in total. The molecule has 0 N–H and O–H groups in total. The number of hydrogen-bond donors (Lipinski definition) is 0. The van der Waals surface area contributed by atoms with E-state index in [2.05, 4.69) is 36.7 Å². The molecule has 2 saturated heterocycles. The number of rotatable bonds is 3. The summed E-state index contributed by atoms with van der Waals surface area (Å²) in [4.78, 5) is 13.7. The first-order valence-electron chi connectivity index (χ1n) is 9.26. The summed E-state index contributed by atoms with van der Waals surface area (Å²) in [6.45, 7) is 3.18. The molecule has 3 aromatic rings. The van der Waals surface area contributed by atoms with Crippen molar-refractivity contribution in [1.29, 1.82) is 0 Å². The molecule has 1 unspecified atom stereocenters. The molecule has 0 amide bonds. The fraction of sp³-hybridized carbons (Fsp3) is 0.421. The van der Waals surface area contributed by atoms with E-state index in [0.29, 0.717) is 5.02 Å². The van der Waals surface area contributed by atoms with E-state index in [9.17, 15) is 0 Å². The largest absolute Gasteiger partial charge is 0.355 e. The number of halogens is 1. The van der Waals surface area contributed by atoms with Gasteiger partial charge in [-0.1, -0.05) is 11.6 Å². The standard InChI is InChI=1S/C19H21ClN6/c20-14-5-6-16-15(12-14)19(22-13-21-16)25-10-2-1-4-18(25)26-11-7-17(23-26)24-8-3-9-24/h5-7,11-13,18H,1-4,8-10H2. The molecule has 0 spiro atoms. The van der Waals surface area contributed by atoms with Gasteiger partial charge in [-0.15, -0.1) is 0 Å². The van der Waals surface area contributed by atoms with Gasteiger partial charge in [-0.2, -0.15) is 5.10 Å². The Morgan fingerprint density at radius 3 is 2.77 bits per heavy atom. The van der Waals surface area contributed by atoms with E-state index in [-0.39, 0.29) is 6.17 Å². The van der Waals surface area contributed by atoms with E-state index in [1.807, 2.05) is 18.2 Å². The van der Waals surface area contributed by atoms with Crippen molar-refractivity contribution in [1.82, 2.24) is 19.7 Å². The molecule has 0 saturated carbocycles. The van der Waals surface area contributed by atoms with E-state index in [1.54, 1.807) is 6.33 Å². The number of piperidine rings is 1. The lowest BCUT2D eigenvalue weighted by molar-refractivity contribution is 0.347. The SMILES string of the molecule is Clc1ccc2ncnc(N3CCCCC3n3ccc(N4CCC4)n3)c2c1. The lowest BCUT2D eigenvalue weighted by Crippen LogP contribution is -2.39. The summed E-state index contributed by atoms with van der Waals surface area (Å²) < 4.78 is 2.10. The van der Waals surface area contributed by atoms with Crippen LogP contribution in [0.4, 0.5) is 11.6 Å². The minimum atomic E-state index is 0.177. The van der Waals surface area contributed by atoms with Gasteiger partial charge >= 0.3 is 0 Å². The molecular formula is C19H21ClN6. The average molecular weight is 369 g/mol. The van der Waals surface area contributed by atoms with Crippen molar-refractivity contribution in [2.75, 3.05) is 29.4 Å². The van der Waals surface area contributed by atoms with E-state index in [1.165, 1.54) is 12.8 Å². The molecule has 0 radical (unpaired) electrons. The topological polar surface area (TPSA) is 50.1 Å². The van der Waals surface area contributed by atoms with Crippen LogP contribution in [0, 0.1) is 0 Å². The highest BCUT2D eigenvalue weighted by atomic mass is 35.5. The van der Waals surface area contributed by atoms with Gasteiger partial charge in [0.25, 0.3) is 0 Å². The number of nitrogens with zero attached hydrogens (tertiary/aromatic N) is 6. The van der Waals surface area contributed by atoms with Crippen LogP contribution in [0.3, 0.4) is 0 Å². The van der Waals surface area contributed by atoms with Crippen LogP contribution in [0.15, 0.2) is 36.8 Å². The van der Waals surface area contributed by atoms with Gasteiger partial charge in [0.2, 0.25) is 0 Å². The number of aromatic nitrogens is 4. The fourth-order valence-corrected chi connectivity index (χ4v) is 4.06. The maximum atomic E-state index is 6.25. The second-order valence-corrected chi connectivity index (χ2v) is 7.46. The Balaban J connectivity index is 1.54. The lowest BCUT2D eigenvalue weighted by atomic mass is 10.1. The molecule has 1 aromatic carbocycles. The zero-order valence-corrected chi connectivity index (χ0v) is 15.3. The van der Waals surface area contributed by atoms with Crippen molar-refractivity contribution in [3.8, 4) is 0 Å². The van der Waals surface area contributed by atoms with Crippen molar-refractivity contribution in [3.63, 3.8) is 0 Å². The highest BCUT2D eigenvalue weighted by Gasteiger charge is 2.28. The number of hydrogen-bond acceptors (Lipinski definition) is 5. The Morgan fingerprint density at radius 1 is 1.00 bits per heavy atom. The normalized spacial score (nSPS) is 20.4. The summed E-state index contributed by atoms with van der Waals surface area (Å²) in [5.74, 6) is 2.03. The molecule has 5 rings (SSSR count). The van der Waals surface area contributed by atoms with Crippen molar-refractivity contribution in [3.05, 3.63) is 41.8 Å². The Hall–Kier alpha value is -2.34. The molecule has 0 aliphatic carbocycles. The number of anilines is 2. The smallest absolute Gasteiger partial charge is 0.150 e. The zero-order valence-electron chi connectivity index (χ0n) is 14.6. The third-order valence-electron chi connectivity index (χ3n) is 5.40. The van der Waals surface area contributed by atoms with Gasteiger partial charge in [0.15, 0.2) is 5.82 Å². The van der Waals surface area contributed by atoms with Gasteiger partial charge < -0.3 is 9.80 Å². The highest BCUT2D eigenvalue weighted by molar-refractivity contribution is 6.31. The van der Waals surface area contributed by atoms with E-state index in [4.69, 9.17) is 16.7 Å².